The third-order valence-corrected chi connectivity index (χ3v) is 4.16. The first kappa shape index (κ1) is 10.7. The molecule has 1 saturated carbocycles. The lowest BCUT2D eigenvalue weighted by Gasteiger charge is -2.20. The van der Waals surface area contributed by atoms with E-state index in [1.54, 1.807) is 0 Å². The molecule has 2 unspecified atom stereocenters. The number of nitrogens with zero attached hydrogens (tertiary/aromatic N) is 1. The van der Waals surface area contributed by atoms with Crippen LogP contribution in [0.1, 0.15) is 25.7 Å². The van der Waals surface area contributed by atoms with E-state index >= 15 is 0 Å². The normalized spacial score (nSPS) is 35.1. The van der Waals surface area contributed by atoms with Crippen LogP contribution in [-0.2, 0) is 14.4 Å². The van der Waals surface area contributed by atoms with E-state index in [0.717, 1.165) is 17.7 Å². The van der Waals surface area contributed by atoms with Crippen molar-refractivity contribution in [3.63, 3.8) is 0 Å². The van der Waals surface area contributed by atoms with Gasteiger partial charge >= 0.3 is 0 Å². The van der Waals surface area contributed by atoms with Crippen molar-refractivity contribution in [2.24, 2.45) is 17.8 Å². The molecule has 4 nitrogen and oxygen atoms in total. The van der Waals surface area contributed by atoms with Gasteiger partial charge in [0.1, 0.15) is 0 Å². The Morgan fingerprint density at radius 3 is 2.41 bits per heavy atom. The molecule has 2 fully saturated rings. The van der Waals surface area contributed by atoms with E-state index in [1.165, 1.54) is 0 Å². The maximum atomic E-state index is 12.1. The van der Waals surface area contributed by atoms with Crippen molar-refractivity contribution in [3.8, 4) is 0 Å². The topological polar surface area (TPSA) is 54.5 Å². The van der Waals surface area contributed by atoms with E-state index in [0.29, 0.717) is 11.8 Å². The molecule has 4 heteroatoms. The summed E-state index contributed by atoms with van der Waals surface area (Å²) in [7, 11) is 0. The van der Waals surface area contributed by atoms with Gasteiger partial charge in [-0.1, -0.05) is 12.2 Å². The zero-order valence-electron chi connectivity index (χ0n) is 9.59. The molecule has 2 aliphatic carbocycles. The van der Waals surface area contributed by atoms with E-state index in [1.807, 2.05) is 0 Å². The van der Waals surface area contributed by atoms with Crippen LogP contribution in [0.4, 0.5) is 0 Å². The molecule has 0 aromatic heterocycles. The van der Waals surface area contributed by atoms with Crippen molar-refractivity contribution in [1.82, 2.24) is 4.90 Å². The highest BCUT2D eigenvalue weighted by atomic mass is 16.2. The number of amides is 2. The SMILES string of the molecule is O=C(CN1C(=O)CCC1=O)[C@H]1CC2C=CC1C2. The van der Waals surface area contributed by atoms with Crippen molar-refractivity contribution in [2.45, 2.75) is 25.7 Å². The molecule has 1 heterocycles. The average Bonchev–Trinajstić information content (AvgIpc) is 2.99. The quantitative estimate of drug-likeness (QED) is 0.538. The summed E-state index contributed by atoms with van der Waals surface area (Å²) in [5, 5.41) is 0. The molecule has 3 rings (SSSR count). The number of imide groups is 1. The van der Waals surface area contributed by atoms with Gasteiger partial charge in [-0.3, -0.25) is 19.3 Å². The van der Waals surface area contributed by atoms with Crippen LogP contribution in [0, 0.1) is 17.8 Å². The van der Waals surface area contributed by atoms with Crippen LogP contribution in [0.15, 0.2) is 12.2 Å². The van der Waals surface area contributed by atoms with Crippen molar-refractivity contribution in [1.29, 1.82) is 0 Å². The fraction of sp³-hybridized carbons (Fsp3) is 0.615. The minimum atomic E-state index is -0.193. The van der Waals surface area contributed by atoms with Crippen molar-refractivity contribution >= 4 is 17.6 Å². The average molecular weight is 233 g/mol. The van der Waals surface area contributed by atoms with Crippen LogP contribution in [0.5, 0.6) is 0 Å². The van der Waals surface area contributed by atoms with Gasteiger partial charge in [0, 0.05) is 18.8 Å². The third-order valence-electron chi connectivity index (χ3n) is 4.16. The standard InChI is InChI=1S/C13H15NO3/c15-11(7-14-12(16)3-4-13(14)17)10-6-8-1-2-9(10)5-8/h1-2,8-10H,3-7H2/t8?,9?,10-/m0/s1. The summed E-state index contributed by atoms with van der Waals surface area (Å²) in [5.41, 5.74) is 0. The maximum absolute atomic E-state index is 12.1. The molecule has 90 valence electrons. The zero-order chi connectivity index (χ0) is 12.0. The second kappa shape index (κ2) is 3.79. The second-order valence-electron chi connectivity index (χ2n) is 5.23. The number of fused-ring (bicyclic) bond motifs is 2. The molecular weight excluding hydrogens is 218 g/mol. The molecule has 1 saturated heterocycles. The molecular formula is C13H15NO3. The minimum absolute atomic E-state index is 0.000602. The Labute approximate surface area is 99.7 Å². The van der Waals surface area contributed by atoms with Gasteiger partial charge in [-0.15, -0.1) is 0 Å². The first-order chi connectivity index (χ1) is 8.15. The molecule has 1 aliphatic heterocycles. The highest BCUT2D eigenvalue weighted by Gasteiger charge is 2.41. The molecule has 2 bridgehead atoms. The number of carbonyl (C=O) groups excluding carboxylic acids is 3. The number of hydrogen-bond acceptors (Lipinski definition) is 3. The number of hydrogen-bond donors (Lipinski definition) is 0. The molecule has 0 spiro atoms. The first-order valence-electron chi connectivity index (χ1n) is 6.19. The Morgan fingerprint density at radius 2 is 1.88 bits per heavy atom. The lowest BCUT2D eigenvalue weighted by atomic mass is 9.89. The fourth-order valence-corrected chi connectivity index (χ4v) is 3.22. The van der Waals surface area contributed by atoms with Crippen LogP contribution in [0.2, 0.25) is 0 Å². The third kappa shape index (κ3) is 1.72. The summed E-state index contributed by atoms with van der Waals surface area (Å²) in [6, 6.07) is 0. The van der Waals surface area contributed by atoms with E-state index in [9.17, 15) is 14.4 Å². The highest BCUT2D eigenvalue weighted by molar-refractivity contribution is 6.05. The van der Waals surface area contributed by atoms with Gasteiger partial charge in [0.25, 0.3) is 0 Å². The summed E-state index contributed by atoms with van der Waals surface area (Å²) in [4.78, 5) is 36.1. The van der Waals surface area contributed by atoms with Crippen LogP contribution < -0.4 is 0 Å². The summed E-state index contributed by atoms with van der Waals surface area (Å²) in [5.74, 6) is 0.597. The second-order valence-corrected chi connectivity index (χ2v) is 5.23. The molecule has 0 radical (unpaired) electrons. The van der Waals surface area contributed by atoms with Crippen LogP contribution in [0.3, 0.4) is 0 Å². The Hall–Kier alpha value is -1.45. The van der Waals surface area contributed by atoms with Crippen molar-refractivity contribution < 1.29 is 14.4 Å². The van der Waals surface area contributed by atoms with E-state index in [-0.39, 0.29) is 42.9 Å². The number of allylic oxidation sites excluding steroid dienone is 2. The van der Waals surface area contributed by atoms with E-state index < -0.39 is 0 Å². The maximum Gasteiger partial charge on any atom is 0.230 e. The minimum Gasteiger partial charge on any atom is -0.297 e. The number of ketones is 1. The molecule has 2 amide bonds. The zero-order valence-corrected chi connectivity index (χ0v) is 9.59. The molecule has 17 heavy (non-hydrogen) atoms. The van der Waals surface area contributed by atoms with Gasteiger partial charge in [0.2, 0.25) is 11.8 Å². The van der Waals surface area contributed by atoms with Crippen LogP contribution >= 0.6 is 0 Å². The molecule has 3 aliphatic rings. The Balaban J connectivity index is 1.66. The lowest BCUT2D eigenvalue weighted by molar-refractivity contribution is -0.142. The molecule has 0 N–H and O–H groups in total. The first-order valence-corrected chi connectivity index (χ1v) is 6.19. The fourth-order valence-electron chi connectivity index (χ4n) is 3.22. The van der Waals surface area contributed by atoms with Crippen molar-refractivity contribution in [2.75, 3.05) is 6.54 Å². The van der Waals surface area contributed by atoms with Gasteiger partial charge < -0.3 is 0 Å². The van der Waals surface area contributed by atoms with Crippen LogP contribution in [0.25, 0.3) is 0 Å². The van der Waals surface area contributed by atoms with Crippen molar-refractivity contribution in [3.05, 3.63) is 12.2 Å². The number of Topliss-reactive ketones (excluding diaryl/α,β-unsaturated/α-hetero) is 1. The lowest BCUT2D eigenvalue weighted by Crippen LogP contribution is -2.37. The Bertz CT molecular complexity index is 410. The summed E-state index contributed by atoms with van der Waals surface area (Å²) >= 11 is 0. The molecule has 3 atom stereocenters. The largest absolute Gasteiger partial charge is 0.297 e. The van der Waals surface area contributed by atoms with Gasteiger partial charge in [-0.2, -0.15) is 0 Å². The smallest absolute Gasteiger partial charge is 0.230 e. The number of likely N-dealkylation sites (tertiary alicyclic amines) is 1. The van der Waals surface area contributed by atoms with Gasteiger partial charge in [0.05, 0.1) is 6.54 Å². The van der Waals surface area contributed by atoms with Gasteiger partial charge in [-0.05, 0) is 24.7 Å². The van der Waals surface area contributed by atoms with Crippen LogP contribution in [-0.4, -0.2) is 29.0 Å². The van der Waals surface area contributed by atoms with Gasteiger partial charge in [0.15, 0.2) is 5.78 Å². The van der Waals surface area contributed by atoms with Gasteiger partial charge in [-0.25, -0.2) is 0 Å². The number of carbonyl (C=O) groups is 3. The summed E-state index contributed by atoms with van der Waals surface area (Å²) in [6.07, 6.45) is 6.80. The Kier molecular flexibility index (Phi) is 2.38. The monoisotopic (exact) mass is 233 g/mol. The van der Waals surface area contributed by atoms with E-state index in [4.69, 9.17) is 0 Å². The summed E-state index contributed by atoms with van der Waals surface area (Å²) in [6.45, 7) is -0.000602. The highest BCUT2D eigenvalue weighted by Crippen LogP contribution is 2.43. The predicted octanol–water partition coefficient (Wildman–Crippen LogP) is 0.917. The Morgan fingerprint density at radius 1 is 1.18 bits per heavy atom. The van der Waals surface area contributed by atoms with E-state index in [2.05, 4.69) is 12.2 Å². The molecule has 0 aromatic rings. The summed E-state index contributed by atoms with van der Waals surface area (Å²) < 4.78 is 0. The predicted molar refractivity (Wildman–Crippen MR) is 59.8 cm³/mol. The number of rotatable bonds is 3. The molecule has 0 aromatic carbocycles.